The maximum atomic E-state index is 5.50. The first-order valence-corrected chi connectivity index (χ1v) is 6.79. The molecule has 1 aliphatic rings. The third kappa shape index (κ3) is 2.63. The zero-order valence-corrected chi connectivity index (χ0v) is 11.2. The van der Waals surface area contributed by atoms with Gasteiger partial charge in [0.2, 0.25) is 0 Å². The van der Waals surface area contributed by atoms with E-state index < -0.39 is 0 Å². The van der Waals surface area contributed by atoms with E-state index in [9.17, 15) is 0 Å². The molecule has 0 bridgehead atoms. The Morgan fingerprint density at radius 3 is 2.89 bits per heavy atom. The van der Waals surface area contributed by atoms with E-state index in [0.29, 0.717) is 6.04 Å². The van der Waals surface area contributed by atoms with Gasteiger partial charge >= 0.3 is 0 Å². The van der Waals surface area contributed by atoms with Gasteiger partial charge in [-0.3, -0.25) is 0 Å². The highest BCUT2D eigenvalue weighted by Gasteiger charge is 2.16. The molecule has 4 nitrogen and oxygen atoms in total. The summed E-state index contributed by atoms with van der Waals surface area (Å²) in [5.74, 6) is 0. The van der Waals surface area contributed by atoms with Gasteiger partial charge in [-0.15, -0.1) is 0 Å². The number of nitrogens with one attached hydrogen (secondary N) is 1. The van der Waals surface area contributed by atoms with Crippen molar-refractivity contribution in [3.8, 4) is 5.69 Å². The van der Waals surface area contributed by atoms with Crippen molar-refractivity contribution in [2.45, 2.75) is 25.8 Å². The summed E-state index contributed by atoms with van der Waals surface area (Å²) in [4.78, 5) is 0. The molecule has 2 heterocycles. The maximum Gasteiger partial charge on any atom is 0.0763 e. The first-order chi connectivity index (χ1) is 9.34. The molecular weight excluding hydrogens is 238 g/mol. The number of ether oxygens (including phenoxy) is 1. The highest BCUT2D eigenvalue weighted by Crippen LogP contribution is 2.20. The molecule has 1 aromatic carbocycles. The number of nitrogens with zero attached hydrogens (tertiary/aromatic N) is 2. The lowest BCUT2D eigenvalue weighted by atomic mass is 10.1. The van der Waals surface area contributed by atoms with Crippen molar-refractivity contribution in [1.82, 2.24) is 9.78 Å². The van der Waals surface area contributed by atoms with Gasteiger partial charge in [-0.25, -0.2) is 4.68 Å². The average Bonchev–Trinajstić information content (AvgIpc) is 2.82. The van der Waals surface area contributed by atoms with Crippen LogP contribution in [-0.4, -0.2) is 29.0 Å². The van der Waals surface area contributed by atoms with Crippen LogP contribution in [0.2, 0.25) is 0 Å². The summed E-state index contributed by atoms with van der Waals surface area (Å²) in [6.45, 7) is 3.77. The Balaban J connectivity index is 1.79. The molecule has 0 spiro atoms. The van der Waals surface area contributed by atoms with Crippen molar-refractivity contribution < 1.29 is 4.74 Å². The molecule has 3 rings (SSSR count). The fourth-order valence-corrected chi connectivity index (χ4v) is 2.46. The number of para-hydroxylation sites is 1. The summed E-state index contributed by atoms with van der Waals surface area (Å²) >= 11 is 0. The van der Waals surface area contributed by atoms with Crippen molar-refractivity contribution in [2.24, 2.45) is 0 Å². The molecule has 1 unspecified atom stereocenters. The Bertz CT molecular complexity index is 530. The topological polar surface area (TPSA) is 39.1 Å². The minimum absolute atomic E-state index is 0.404. The van der Waals surface area contributed by atoms with E-state index in [-0.39, 0.29) is 0 Å². The highest BCUT2D eigenvalue weighted by molar-refractivity contribution is 5.50. The Kier molecular flexibility index (Phi) is 3.51. The summed E-state index contributed by atoms with van der Waals surface area (Å²) in [6, 6.07) is 10.6. The van der Waals surface area contributed by atoms with Gasteiger partial charge in [0, 0.05) is 12.6 Å². The smallest absolute Gasteiger partial charge is 0.0763 e. The van der Waals surface area contributed by atoms with Crippen LogP contribution < -0.4 is 5.32 Å². The average molecular weight is 257 g/mol. The Labute approximate surface area is 113 Å². The van der Waals surface area contributed by atoms with E-state index >= 15 is 0 Å². The molecule has 0 amide bonds. The van der Waals surface area contributed by atoms with Crippen molar-refractivity contribution in [2.75, 3.05) is 18.5 Å². The minimum Gasteiger partial charge on any atom is -0.379 e. The van der Waals surface area contributed by atoms with E-state index in [0.717, 1.165) is 43.1 Å². The van der Waals surface area contributed by atoms with E-state index in [1.807, 2.05) is 29.1 Å². The van der Waals surface area contributed by atoms with Gasteiger partial charge < -0.3 is 10.1 Å². The Morgan fingerprint density at radius 1 is 1.32 bits per heavy atom. The monoisotopic (exact) mass is 257 g/mol. The molecule has 1 saturated heterocycles. The van der Waals surface area contributed by atoms with Crippen LogP contribution in [0.4, 0.5) is 5.69 Å². The first kappa shape index (κ1) is 12.2. The zero-order chi connectivity index (χ0) is 13.1. The maximum absolute atomic E-state index is 5.50. The summed E-state index contributed by atoms with van der Waals surface area (Å²) in [5, 5.41) is 8.00. The van der Waals surface area contributed by atoms with Crippen molar-refractivity contribution >= 4 is 5.69 Å². The molecular formula is C15H19N3O. The van der Waals surface area contributed by atoms with Gasteiger partial charge in [0.05, 0.1) is 29.9 Å². The van der Waals surface area contributed by atoms with Crippen molar-refractivity contribution in [1.29, 1.82) is 0 Å². The van der Waals surface area contributed by atoms with Crippen LogP contribution in [0.5, 0.6) is 0 Å². The number of hydrogen-bond donors (Lipinski definition) is 1. The van der Waals surface area contributed by atoms with Crippen LogP contribution in [0.15, 0.2) is 36.5 Å². The molecule has 19 heavy (non-hydrogen) atoms. The van der Waals surface area contributed by atoms with Gasteiger partial charge in [0.1, 0.15) is 0 Å². The van der Waals surface area contributed by atoms with Crippen molar-refractivity contribution in [3.63, 3.8) is 0 Å². The highest BCUT2D eigenvalue weighted by atomic mass is 16.5. The third-order valence-corrected chi connectivity index (χ3v) is 3.53. The Hall–Kier alpha value is -1.81. The molecule has 0 saturated carbocycles. The lowest BCUT2D eigenvalue weighted by Crippen LogP contribution is -2.30. The first-order valence-electron chi connectivity index (χ1n) is 6.79. The fraction of sp³-hybridized carbons (Fsp3) is 0.400. The lowest BCUT2D eigenvalue weighted by molar-refractivity contribution is 0.0876. The number of hydrogen-bond acceptors (Lipinski definition) is 3. The number of aromatic nitrogens is 2. The van der Waals surface area contributed by atoms with Crippen LogP contribution in [0.3, 0.4) is 0 Å². The predicted molar refractivity (Wildman–Crippen MR) is 75.8 cm³/mol. The number of anilines is 1. The summed E-state index contributed by atoms with van der Waals surface area (Å²) in [6.07, 6.45) is 4.19. The van der Waals surface area contributed by atoms with Crippen LogP contribution in [0.25, 0.3) is 5.69 Å². The second kappa shape index (κ2) is 5.45. The largest absolute Gasteiger partial charge is 0.379 e. The molecule has 1 aliphatic heterocycles. The van der Waals surface area contributed by atoms with Crippen LogP contribution in [-0.2, 0) is 4.74 Å². The summed E-state index contributed by atoms with van der Waals surface area (Å²) in [7, 11) is 0. The summed E-state index contributed by atoms with van der Waals surface area (Å²) in [5.41, 5.74) is 3.32. The van der Waals surface area contributed by atoms with Gasteiger partial charge in [0.25, 0.3) is 0 Å². The van der Waals surface area contributed by atoms with E-state index in [1.165, 1.54) is 0 Å². The SMILES string of the molecule is Cc1c(NC2CCCOC2)cnn1-c1ccccc1. The number of rotatable bonds is 3. The third-order valence-electron chi connectivity index (χ3n) is 3.53. The van der Waals surface area contributed by atoms with E-state index in [1.54, 1.807) is 0 Å². The normalized spacial score (nSPS) is 19.3. The number of benzene rings is 1. The molecule has 100 valence electrons. The minimum atomic E-state index is 0.404. The second-order valence-corrected chi connectivity index (χ2v) is 4.95. The standard InChI is InChI=1S/C15H19N3O/c1-12-15(17-13-6-5-9-19-11-13)10-16-18(12)14-7-3-2-4-8-14/h2-4,7-8,10,13,17H,5-6,9,11H2,1H3. The predicted octanol–water partition coefficient (Wildman–Crippen LogP) is 2.77. The zero-order valence-electron chi connectivity index (χ0n) is 11.2. The molecule has 1 N–H and O–H groups in total. The van der Waals surface area contributed by atoms with Crippen LogP contribution in [0.1, 0.15) is 18.5 Å². The summed E-state index contributed by atoms with van der Waals surface area (Å²) < 4.78 is 7.46. The molecule has 1 atom stereocenters. The molecule has 1 fully saturated rings. The second-order valence-electron chi connectivity index (χ2n) is 4.95. The van der Waals surface area contributed by atoms with Gasteiger partial charge in [-0.1, -0.05) is 18.2 Å². The molecule has 0 aliphatic carbocycles. The fourth-order valence-electron chi connectivity index (χ4n) is 2.46. The Morgan fingerprint density at radius 2 is 2.16 bits per heavy atom. The van der Waals surface area contributed by atoms with Gasteiger partial charge in [-0.05, 0) is 31.9 Å². The molecule has 1 aromatic heterocycles. The lowest BCUT2D eigenvalue weighted by Gasteiger charge is -2.23. The molecule has 2 aromatic rings. The van der Waals surface area contributed by atoms with E-state index in [2.05, 4.69) is 29.5 Å². The molecule has 0 radical (unpaired) electrons. The van der Waals surface area contributed by atoms with Crippen LogP contribution in [0, 0.1) is 6.92 Å². The van der Waals surface area contributed by atoms with Gasteiger partial charge in [-0.2, -0.15) is 5.10 Å². The van der Waals surface area contributed by atoms with Crippen LogP contribution >= 0.6 is 0 Å². The quantitative estimate of drug-likeness (QED) is 0.919. The van der Waals surface area contributed by atoms with E-state index in [4.69, 9.17) is 4.74 Å². The molecule has 4 heteroatoms. The van der Waals surface area contributed by atoms with Gasteiger partial charge in [0.15, 0.2) is 0 Å². The van der Waals surface area contributed by atoms with Crippen molar-refractivity contribution in [3.05, 3.63) is 42.2 Å².